The number of aryl methyl sites for hydroxylation is 1. The number of hydrogen-bond acceptors (Lipinski definition) is 3. The molecule has 0 atom stereocenters. The van der Waals surface area contributed by atoms with Crippen molar-refractivity contribution in [3.05, 3.63) is 63.6 Å². The van der Waals surface area contributed by atoms with E-state index in [2.05, 4.69) is 15.9 Å². The fourth-order valence-electron chi connectivity index (χ4n) is 1.70. The molecular formula is C15H13BrO3. The Morgan fingerprint density at radius 2 is 2.05 bits per heavy atom. The van der Waals surface area contributed by atoms with E-state index >= 15 is 0 Å². The van der Waals surface area contributed by atoms with Crippen LogP contribution in [0.4, 0.5) is 0 Å². The van der Waals surface area contributed by atoms with Crippen LogP contribution in [0.25, 0.3) is 0 Å². The van der Waals surface area contributed by atoms with Gasteiger partial charge in [0.05, 0.1) is 0 Å². The molecule has 0 aromatic heterocycles. The van der Waals surface area contributed by atoms with E-state index in [-0.39, 0.29) is 17.9 Å². The van der Waals surface area contributed by atoms with Gasteiger partial charge in [0.1, 0.15) is 17.9 Å². The number of phenolic OH excluding ortho intramolecular Hbond substituents is 1. The molecule has 0 fully saturated rings. The van der Waals surface area contributed by atoms with Crippen molar-refractivity contribution in [1.82, 2.24) is 0 Å². The highest BCUT2D eigenvalue weighted by molar-refractivity contribution is 9.10. The van der Waals surface area contributed by atoms with Crippen molar-refractivity contribution in [3.8, 4) is 5.75 Å². The summed E-state index contributed by atoms with van der Waals surface area (Å²) in [4.78, 5) is 11.9. The summed E-state index contributed by atoms with van der Waals surface area (Å²) in [6.45, 7) is 2.16. The first kappa shape index (κ1) is 13.6. The smallest absolute Gasteiger partial charge is 0.342 e. The van der Waals surface area contributed by atoms with Gasteiger partial charge >= 0.3 is 5.97 Å². The molecule has 0 unspecified atom stereocenters. The molecule has 2 aromatic rings. The van der Waals surface area contributed by atoms with Crippen LogP contribution in [0.3, 0.4) is 0 Å². The number of rotatable bonds is 3. The minimum absolute atomic E-state index is 0.0857. The van der Waals surface area contributed by atoms with Crippen molar-refractivity contribution >= 4 is 21.9 Å². The van der Waals surface area contributed by atoms with Gasteiger partial charge in [-0.15, -0.1) is 0 Å². The van der Waals surface area contributed by atoms with Crippen LogP contribution in [0.2, 0.25) is 0 Å². The summed E-state index contributed by atoms with van der Waals surface area (Å²) in [6.07, 6.45) is 0. The lowest BCUT2D eigenvalue weighted by atomic mass is 10.1. The molecule has 19 heavy (non-hydrogen) atoms. The van der Waals surface area contributed by atoms with Crippen LogP contribution in [-0.4, -0.2) is 11.1 Å². The van der Waals surface area contributed by atoms with E-state index in [1.807, 2.05) is 31.2 Å². The summed E-state index contributed by atoms with van der Waals surface area (Å²) in [6, 6.07) is 12.4. The van der Waals surface area contributed by atoms with E-state index in [9.17, 15) is 9.90 Å². The molecule has 0 heterocycles. The zero-order valence-electron chi connectivity index (χ0n) is 10.4. The van der Waals surface area contributed by atoms with Gasteiger partial charge in [0.25, 0.3) is 0 Å². The average Bonchev–Trinajstić information content (AvgIpc) is 2.39. The number of aromatic hydroxyl groups is 1. The lowest BCUT2D eigenvalue weighted by molar-refractivity contribution is 0.0469. The predicted molar refractivity (Wildman–Crippen MR) is 76.1 cm³/mol. The van der Waals surface area contributed by atoms with E-state index in [0.29, 0.717) is 4.47 Å². The number of esters is 1. The van der Waals surface area contributed by atoms with Gasteiger partial charge in [-0.25, -0.2) is 4.79 Å². The molecule has 0 aliphatic heterocycles. The van der Waals surface area contributed by atoms with Crippen molar-refractivity contribution in [2.75, 3.05) is 0 Å². The first-order chi connectivity index (χ1) is 9.06. The molecule has 0 amide bonds. The zero-order valence-corrected chi connectivity index (χ0v) is 12.0. The molecular weight excluding hydrogens is 308 g/mol. The Bertz CT molecular complexity index is 608. The van der Waals surface area contributed by atoms with Crippen molar-refractivity contribution < 1.29 is 14.6 Å². The number of carbonyl (C=O) groups excluding carboxylic acids is 1. The quantitative estimate of drug-likeness (QED) is 0.874. The third-order valence-electron chi connectivity index (χ3n) is 2.63. The lowest BCUT2D eigenvalue weighted by Gasteiger charge is -2.07. The van der Waals surface area contributed by atoms with Gasteiger partial charge in [-0.1, -0.05) is 45.8 Å². The van der Waals surface area contributed by atoms with Crippen LogP contribution in [-0.2, 0) is 11.3 Å². The summed E-state index contributed by atoms with van der Waals surface area (Å²) in [5.74, 6) is -0.627. The Morgan fingerprint density at radius 3 is 2.79 bits per heavy atom. The van der Waals surface area contributed by atoms with Crippen LogP contribution in [0.15, 0.2) is 46.9 Å². The van der Waals surface area contributed by atoms with E-state index in [0.717, 1.165) is 11.1 Å². The summed E-state index contributed by atoms with van der Waals surface area (Å²) in [5.41, 5.74) is 2.18. The Kier molecular flexibility index (Phi) is 4.22. The molecule has 1 N–H and O–H groups in total. The van der Waals surface area contributed by atoms with Crippen LogP contribution in [0.1, 0.15) is 21.5 Å². The molecule has 0 saturated carbocycles. The van der Waals surface area contributed by atoms with Crippen LogP contribution >= 0.6 is 15.9 Å². The summed E-state index contributed by atoms with van der Waals surface area (Å²) >= 11 is 3.25. The van der Waals surface area contributed by atoms with Crippen LogP contribution in [0, 0.1) is 6.92 Å². The second kappa shape index (κ2) is 5.89. The average molecular weight is 321 g/mol. The normalized spacial score (nSPS) is 10.2. The number of halogens is 1. The van der Waals surface area contributed by atoms with Gasteiger partial charge in [0.2, 0.25) is 0 Å². The predicted octanol–water partition coefficient (Wildman–Crippen LogP) is 3.82. The molecule has 3 nitrogen and oxygen atoms in total. The Morgan fingerprint density at radius 1 is 1.26 bits per heavy atom. The second-order valence-corrected chi connectivity index (χ2v) is 5.14. The first-order valence-corrected chi connectivity index (χ1v) is 6.57. The first-order valence-electron chi connectivity index (χ1n) is 5.77. The minimum Gasteiger partial charge on any atom is -0.507 e. The maximum atomic E-state index is 11.9. The van der Waals surface area contributed by atoms with E-state index in [1.165, 1.54) is 12.1 Å². The number of phenols is 1. The fourth-order valence-corrected chi connectivity index (χ4v) is 2.06. The standard InChI is InChI=1S/C15H13BrO3/c1-10-3-2-4-11(7-10)9-19-15(18)13-8-12(16)5-6-14(13)17/h2-8,17H,9H2,1H3. The van der Waals surface area contributed by atoms with Gasteiger partial charge in [-0.05, 0) is 30.7 Å². The van der Waals surface area contributed by atoms with Crippen LogP contribution in [0.5, 0.6) is 5.75 Å². The highest BCUT2D eigenvalue weighted by atomic mass is 79.9. The van der Waals surface area contributed by atoms with Gasteiger partial charge < -0.3 is 9.84 Å². The molecule has 0 aliphatic rings. The van der Waals surface area contributed by atoms with Crippen LogP contribution < -0.4 is 0 Å². The zero-order chi connectivity index (χ0) is 13.8. The Hall–Kier alpha value is -1.81. The molecule has 2 rings (SSSR count). The third kappa shape index (κ3) is 3.58. The molecule has 0 spiro atoms. The lowest BCUT2D eigenvalue weighted by Crippen LogP contribution is -2.05. The maximum Gasteiger partial charge on any atom is 0.342 e. The second-order valence-electron chi connectivity index (χ2n) is 4.23. The molecule has 0 radical (unpaired) electrons. The minimum atomic E-state index is -0.541. The highest BCUT2D eigenvalue weighted by Crippen LogP contribution is 2.23. The molecule has 0 bridgehead atoms. The maximum absolute atomic E-state index is 11.9. The summed E-state index contributed by atoms with van der Waals surface area (Å²) in [5, 5.41) is 9.63. The van der Waals surface area contributed by atoms with E-state index < -0.39 is 5.97 Å². The summed E-state index contributed by atoms with van der Waals surface area (Å²) < 4.78 is 5.90. The van der Waals surface area contributed by atoms with Crippen molar-refractivity contribution in [3.63, 3.8) is 0 Å². The Balaban J connectivity index is 2.07. The van der Waals surface area contributed by atoms with E-state index in [1.54, 1.807) is 6.07 Å². The molecule has 98 valence electrons. The Labute approximate surface area is 120 Å². The third-order valence-corrected chi connectivity index (χ3v) is 3.12. The molecule has 2 aromatic carbocycles. The number of benzene rings is 2. The van der Waals surface area contributed by atoms with Gasteiger partial charge in [0, 0.05) is 4.47 Å². The fraction of sp³-hybridized carbons (Fsp3) is 0.133. The van der Waals surface area contributed by atoms with Gasteiger partial charge in [-0.3, -0.25) is 0 Å². The molecule has 0 saturated heterocycles. The topological polar surface area (TPSA) is 46.5 Å². The van der Waals surface area contributed by atoms with E-state index in [4.69, 9.17) is 4.74 Å². The SMILES string of the molecule is Cc1cccc(COC(=O)c2cc(Br)ccc2O)c1. The molecule has 0 aliphatic carbocycles. The van der Waals surface area contributed by atoms with Gasteiger partial charge in [0.15, 0.2) is 0 Å². The number of ether oxygens (including phenoxy) is 1. The van der Waals surface area contributed by atoms with Crippen molar-refractivity contribution in [2.24, 2.45) is 0 Å². The van der Waals surface area contributed by atoms with Crippen molar-refractivity contribution in [1.29, 1.82) is 0 Å². The van der Waals surface area contributed by atoms with Gasteiger partial charge in [-0.2, -0.15) is 0 Å². The summed E-state index contributed by atoms with van der Waals surface area (Å²) in [7, 11) is 0. The number of carbonyl (C=O) groups is 1. The number of hydrogen-bond donors (Lipinski definition) is 1. The monoisotopic (exact) mass is 320 g/mol. The highest BCUT2D eigenvalue weighted by Gasteiger charge is 2.13. The largest absolute Gasteiger partial charge is 0.507 e. The molecule has 4 heteroatoms. The van der Waals surface area contributed by atoms with Crippen molar-refractivity contribution in [2.45, 2.75) is 13.5 Å².